The van der Waals surface area contributed by atoms with Gasteiger partial charge in [0, 0.05) is 29.9 Å². The number of rotatable bonds is 5. The average molecular weight is 431 g/mol. The van der Waals surface area contributed by atoms with Gasteiger partial charge in [-0.2, -0.15) is 5.10 Å². The minimum absolute atomic E-state index is 0.0793. The maximum atomic E-state index is 12.9. The minimum Gasteiger partial charge on any atom is -0.493 e. The fourth-order valence-electron chi connectivity index (χ4n) is 4.12. The number of nitrogens with zero attached hydrogens (tertiary/aromatic N) is 1. The molecule has 1 aliphatic rings. The number of para-hydroxylation sites is 1. The summed E-state index contributed by atoms with van der Waals surface area (Å²) in [5.74, 6) is 1.29. The first-order valence-electron chi connectivity index (χ1n) is 10.2. The number of hydrogen-bond donors (Lipinski definition) is 2. The number of amides is 1. The van der Waals surface area contributed by atoms with Gasteiger partial charge in [-0.05, 0) is 24.3 Å². The number of carbonyl (C=O) groups is 2. The molecular formula is C24H21N3O5. The molecule has 2 heterocycles. The van der Waals surface area contributed by atoms with Crippen LogP contribution in [-0.4, -0.2) is 36.1 Å². The van der Waals surface area contributed by atoms with Crippen molar-refractivity contribution in [1.82, 2.24) is 10.2 Å². The zero-order valence-electron chi connectivity index (χ0n) is 17.6. The smallest absolute Gasteiger partial charge is 0.229 e. The number of anilines is 1. The van der Waals surface area contributed by atoms with Gasteiger partial charge in [-0.25, -0.2) is 0 Å². The first kappa shape index (κ1) is 19.9. The number of H-pyrrole nitrogens is 1. The maximum absolute atomic E-state index is 12.9. The highest BCUT2D eigenvalue weighted by atomic mass is 16.5. The molecule has 0 spiro atoms. The quantitative estimate of drug-likeness (QED) is 0.490. The second-order valence-corrected chi connectivity index (χ2v) is 7.65. The van der Waals surface area contributed by atoms with Gasteiger partial charge in [0.25, 0.3) is 0 Å². The SMILES string of the molecule is COc1ccc(-c2cc(NC(=O)C3CC(=O)c4c(oc5ccccc45)C3)n[nH]2)cc1OC. The summed E-state index contributed by atoms with van der Waals surface area (Å²) in [5.41, 5.74) is 2.80. The highest BCUT2D eigenvalue weighted by molar-refractivity contribution is 6.11. The normalized spacial score (nSPS) is 15.4. The van der Waals surface area contributed by atoms with E-state index in [-0.39, 0.29) is 18.1 Å². The van der Waals surface area contributed by atoms with Crippen molar-refractivity contribution in [2.24, 2.45) is 5.92 Å². The third kappa shape index (κ3) is 3.39. The Balaban J connectivity index is 1.33. The predicted molar refractivity (Wildman–Crippen MR) is 118 cm³/mol. The number of ether oxygens (including phenoxy) is 2. The van der Waals surface area contributed by atoms with Gasteiger partial charge >= 0.3 is 0 Å². The molecule has 8 heteroatoms. The van der Waals surface area contributed by atoms with Crippen LogP contribution in [-0.2, 0) is 11.2 Å². The zero-order chi connectivity index (χ0) is 22.2. The Hall–Kier alpha value is -4.07. The number of nitrogens with one attached hydrogen (secondary N) is 2. The third-order valence-electron chi connectivity index (χ3n) is 5.71. The van der Waals surface area contributed by atoms with Crippen molar-refractivity contribution in [2.45, 2.75) is 12.8 Å². The summed E-state index contributed by atoms with van der Waals surface area (Å²) in [4.78, 5) is 25.6. The van der Waals surface area contributed by atoms with E-state index in [9.17, 15) is 9.59 Å². The number of ketones is 1. The number of furan rings is 1. The average Bonchev–Trinajstić information content (AvgIpc) is 3.43. The van der Waals surface area contributed by atoms with Crippen molar-refractivity contribution in [3.63, 3.8) is 0 Å². The molecule has 1 atom stereocenters. The summed E-state index contributed by atoms with van der Waals surface area (Å²) in [6.45, 7) is 0. The van der Waals surface area contributed by atoms with Crippen LogP contribution in [0.1, 0.15) is 22.5 Å². The second-order valence-electron chi connectivity index (χ2n) is 7.65. The summed E-state index contributed by atoms with van der Waals surface area (Å²) in [7, 11) is 3.14. The van der Waals surface area contributed by atoms with Crippen molar-refractivity contribution < 1.29 is 23.5 Å². The molecule has 32 heavy (non-hydrogen) atoms. The molecule has 0 saturated heterocycles. The van der Waals surface area contributed by atoms with E-state index in [0.717, 1.165) is 10.9 Å². The van der Waals surface area contributed by atoms with Crippen molar-refractivity contribution in [2.75, 3.05) is 19.5 Å². The molecule has 2 aromatic carbocycles. The standard InChI is InChI=1S/C24H21N3O5/c1-30-19-8-7-13(10-20(19)31-2)16-12-22(27-26-16)25-24(29)14-9-17(28)23-15-5-3-4-6-18(15)32-21(23)11-14/h3-8,10,12,14H,9,11H2,1-2H3,(H2,25,26,27,29). The van der Waals surface area contributed by atoms with Crippen LogP contribution in [0.5, 0.6) is 11.5 Å². The van der Waals surface area contributed by atoms with E-state index in [0.29, 0.717) is 46.3 Å². The Morgan fingerprint density at radius 2 is 1.91 bits per heavy atom. The van der Waals surface area contributed by atoms with Crippen LogP contribution >= 0.6 is 0 Å². The maximum Gasteiger partial charge on any atom is 0.229 e. The molecule has 2 aromatic heterocycles. The summed E-state index contributed by atoms with van der Waals surface area (Å²) in [6, 6.07) is 14.6. The van der Waals surface area contributed by atoms with E-state index in [1.165, 1.54) is 0 Å². The number of methoxy groups -OCH3 is 2. The minimum atomic E-state index is -0.517. The third-order valence-corrected chi connectivity index (χ3v) is 5.71. The molecule has 4 aromatic rings. The Bertz CT molecular complexity index is 1340. The van der Waals surface area contributed by atoms with Gasteiger partial charge in [-0.1, -0.05) is 18.2 Å². The van der Waals surface area contributed by atoms with E-state index >= 15 is 0 Å². The van der Waals surface area contributed by atoms with E-state index < -0.39 is 5.92 Å². The number of fused-ring (bicyclic) bond motifs is 3. The summed E-state index contributed by atoms with van der Waals surface area (Å²) >= 11 is 0. The van der Waals surface area contributed by atoms with E-state index in [1.54, 1.807) is 26.4 Å². The van der Waals surface area contributed by atoms with Gasteiger partial charge in [-0.15, -0.1) is 0 Å². The largest absolute Gasteiger partial charge is 0.493 e. The molecule has 8 nitrogen and oxygen atoms in total. The lowest BCUT2D eigenvalue weighted by atomic mass is 9.85. The topological polar surface area (TPSA) is 106 Å². The Kier molecular flexibility index (Phi) is 4.89. The fraction of sp³-hybridized carbons (Fsp3) is 0.208. The predicted octanol–water partition coefficient (Wildman–Crippen LogP) is 4.22. The molecule has 0 saturated carbocycles. The molecule has 0 radical (unpaired) electrons. The Morgan fingerprint density at radius 1 is 1.09 bits per heavy atom. The summed E-state index contributed by atoms with van der Waals surface area (Å²) in [6.07, 6.45) is 0.504. The lowest BCUT2D eigenvalue weighted by Crippen LogP contribution is -2.30. The van der Waals surface area contributed by atoms with Gasteiger partial charge in [0.2, 0.25) is 5.91 Å². The second kappa shape index (κ2) is 7.88. The molecule has 1 amide bonds. The Morgan fingerprint density at radius 3 is 2.72 bits per heavy atom. The lowest BCUT2D eigenvalue weighted by molar-refractivity contribution is -0.120. The van der Waals surface area contributed by atoms with Gasteiger partial charge < -0.3 is 19.2 Å². The van der Waals surface area contributed by atoms with Gasteiger partial charge in [-0.3, -0.25) is 14.7 Å². The monoisotopic (exact) mass is 431 g/mol. The molecule has 1 aliphatic carbocycles. The van der Waals surface area contributed by atoms with Gasteiger partial charge in [0.05, 0.1) is 31.4 Å². The van der Waals surface area contributed by atoms with Crippen LogP contribution in [0, 0.1) is 5.92 Å². The molecule has 0 aliphatic heterocycles. The molecule has 0 fully saturated rings. The molecule has 2 N–H and O–H groups in total. The van der Waals surface area contributed by atoms with E-state index in [1.807, 2.05) is 36.4 Å². The van der Waals surface area contributed by atoms with Crippen LogP contribution in [0.4, 0.5) is 5.82 Å². The number of benzene rings is 2. The van der Waals surface area contributed by atoms with Crippen molar-refractivity contribution in [1.29, 1.82) is 0 Å². The van der Waals surface area contributed by atoms with Crippen LogP contribution in [0.25, 0.3) is 22.2 Å². The number of aromatic nitrogens is 2. The van der Waals surface area contributed by atoms with Crippen molar-refractivity contribution >= 4 is 28.5 Å². The fourth-order valence-corrected chi connectivity index (χ4v) is 4.12. The molecule has 1 unspecified atom stereocenters. The Labute approximate surface area is 183 Å². The van der Waals surface area contributed by atoms with Crippen molar-refractivity contribution in [3.8, 4) is 22.8 Å². The lowest BCUT2D eigenvalue weighted by Gasteiger charge is -2.19. The zero-order valence-corrected chi connectivity index (χ0v) is 17.6. The highest BCUT2D eigenvalue weighted by Crippen LogP contribution is 2.35. The first-order chi connectivity index (χ1) is 15.6. The number of aromatic amines is 1. The van der Waals surface area contributed by atoms with Crippen LogP contribution in [0.2, 0.25) is 0 Å². The van der Waals surface area contributed by atoms with E-state index in [2.05, 4.69) is 15.5 Å². The van der Waals surface area contributed by atoms with Crippen molar-refractivity contribution in [3.05, 3.63) is 59.9 Å². The van der Waals surface area contributed by atoms with Crippen LogP contribution in [0.3, 0.4) is 0 Å². The van der Waals surface area contributed by atoms with E-state index in [4.69, 9.17) is 13.9 Å². The number of Topliss-reactive ketones (excluding diaryl/α,β-unsaturated/α-hetero) is 1. The molecule has 162 valence electrons. The van der Waals surface area contributed by atoms with Gasteiger partial charge in [0.1, 0.15) is 11.3 Å². The highest BCUT2D eigenvalue weighted by Gasteiger charge is 2.34. The number of hydrogen-bond acceptors (Lipinski definition) is 6. The van der Waals surface area contributed by atoms with Crippen LogP contribution < -0.4 is 14.8 Å². The molecule has 5 rings (SSSR count). The van der Waals surface area contributed by atoms with Crippen LogP contribution in [0.15, 0.2) is 52.9 Å². The van der Waals surface area contributed by atoms with Gasteiger partial charge in [0.15, 0.2) is 23.1 Å². The number of carbonyl (C=O) groups excluding carboxylic acids is 2. The molecule has 0 bridgehead atoms. The molecular weight excluding hydrogens is 410 g/mol. The summed E-state index contributed by atoms with van der Waals surface area (Å²) < 4.78 is 16.5. The summed E-state index contributed by atoms with van der Waals surface area (Å²) in [5, 5.41) is 10.7. The first-order valence-corrected chi connectivity index (χ1v) is 10.2.